The van der Waals surface area contributed by atoms with Crippen LogP contribution in [0.5, 0.6) is 0 Å². The molecule has 1 aliphatic carbocycles. The molecule has 2 amide bonds. The molecule has 1 aliphatic rings. The van der Waals surface area contributed by atoms with Crippen LogP contribution in [0.25, 0.3) is 0 Å². The summed E-state index contributed by atoms with van der Waals surface area (Å²) in [6.45, 7) is 0.488. The summed E-state index contributed by atoms with van der Waals surface area (Å²) >= 11 is 0. The first kappa shape index (κ1) is 24.5. The van der Waals surface area contributed by atoms with Crippen molar-refractivity contribution >= 4 is 17.5 Å². The van der Waals surface area contributed by atoms with Gasteiger partial charge in [0.25, 0.3) is 5.91 Å². The molecule has 0 saturated heterocycles. The number of benzene rings is 3. The van der Waals surface area contributed by atoms with Gasteiger partial charge in [-0.2, -0.15) is 0 Å². The molecule has 3 aromatic carbocycles. The van der Waals surface area contributed by atoms with Gasteiger partial charge in [-0.05, 0) is 60.7 Å². The van der Waals surface area contributed by atoms with E-state index in [9.17, 15) is 14.0 Å². The van der Waals surface area contributed by atoms with Gasteiger partial charge in [-0.25, -0.2) is 4.39 Å². The first-order valence-electron chi connectivity index (χ1n) is 12.3. The molecule has 0 bridgehead atoms. The van der Waals surface area contributed by atoms with Crippen LogP contribution in [-0.4, -0.2) is 24.4 Å². The molecule has 182 valence electrons. The topological polar surface area (TPSA) is 70.2 Å². The van der Waals surface area contributed by atoms with Crippen LogP contribution in [0.4, 0.5) is 10.1 Å². The number of amides is 2. The molecule has 6 heteroatoms. The van der Waals surface area contributed by atoms with Crippen molar-refractivity contribution in [3.05, 3.63) is 101 Å². The first-order chi connectivity index (χ1) is 17.1. The van der Waals surface area contributed by atoms with Gasteiger partial charge in [0.15, 0.2) is 0 Å². The zero-order valence-electron chi connectivity index (χ0n) is 19.8. The predicted molar refractivity (Wildman–Crippen MR) is 137 cm³/mol. The Morgan fingerprint density at radius 2 is 1.54 bits per heavy atom. The minimum atomic E-state index is -0.793. The van der Waals surface area contributed by atoms with Crippen LogP contribution in [0.3, 0.4) is 0 Å². The van der Waals surface area contributed by atoms with E-state index >= 15 is 0 Å². The number of hydrogen-bond acceptors (Lipinski definition) is 3. The SMILES string of the molecule is O=C(NCCc1ccccc1)c1ccccc1C(Nc1ccc(F)cc1)C(=O)NC1CCCCC1. The Morgan fingerprint density at radius 1 is 0.857 bits per heavy atom. The monoisotopic (exact) mass is 473 g/mol. The summed E-state index contributed by atoms with van der Waals surface area (Å²) in [5.74, 6) is -0.768. The van der Waals surface area contributed by atoms with Crippen molar-refractivity contribution in [2.24, 2.45) is 0 Å². The Morgan fingerprint density at radius 3 is 2.29 bits per heavy atom. The molecule has 1 atom stereocenters. The van der Waals surface area contributed by atoms with Crippen LogP contribution < -0.4 is 16.0 Å². The molecule has 1 saturated carbocycles. The zero-order valence-corrected chi connectivity index (χ0v) is 19.8. The lowest BCUT2D eigenvalue weighted by atomic mass is 9.94. The Labute approximate surface area is 206 Å². The predicted octanol–water partition coefficient (Wildman–Crippen LogP) is 5.40. The summed E-state index contributed by atoms with van der Waals surface area (Å²) in [6, 6.07) is 22.3. The van der Waals surface area contributed by atoms with Gasteiger partial charge in [0.2, 0.25) is 5.91 Å². The summed E-state index contributed by atoms with van der Waals surface area (Å²) in [5.41, 5.74) is 2.78. The van der Waals surface area contributed by atoms with Gasteiger partial charge in [0, 0.05) is 23.8 Å². The normalized spacial score (nSPS) is 14.7. The van der Waals surface area contributed by atoms with Crippen LogP contribution in [0, 0.1) is 5.82 Å². The minimum absolute atomic E-state index is 0.126. The van der Waals surface area contributed by atoms with E-state index in [2.05, 4.69) is 16.0 Å². The molecular weight excluding hydrogens is 441 g/mol. The van der Waals surface area contributed by atoms with E-state index in [1.54, 1.807) is 30.3 Å². The van der Waals surface area contributed by atoms with Crippen molar-refractivity contribution in [3.8, 4) is 0 Å². The molecule has 0 aromatic heterocycles. The highest BCUT2D eigenvalue weighted by atomic mass is 19.1. The van der Waals surface area contributed by atoms with E-state index < -0.39 is 6.04 Å². The third-order valence-electron chi connectivity index (χ3n) is 6.43. The highest BCUT2D eigenvalue weighted by Gasteiger charge is 2.27. The van der Waals surface area contributed by atoms with Crippen molar-refractivity contribution in [3.63, 3.8) is 0 Å². The molecule has 5 nitrogen and oxygen atoms in total. The van der Waals surface area contributed by atoms with Crippen molar-refractivity contribution in [1.29, 1.82) is 0 Å². The number of hydrogen-bond donors (Lipinski definition) is 3. The molecule has 0 aliphatic heterocycles. The average Bonchev–Trinajstić information content (AvgIpc) is 2.89. The van der Waals surface area contributed by atoms with Gasteiger partial charge in [-0.1, -0.05) is 67.8 Å². The quantitative estimate of drug-likeness (QED) is 0.390. The summed E-state index contributed by atoms with van der Waals surface area (Å²) in [6.07, 6.45) is 6.01. The Hall–Kier alpha value is -3.67. The average molecular weight is 474 g/mol. The standard InChI is InChI=1S/C29H32FN3O2/c30-22-15-17-24(18-16-22)32-27(29(35)33-23-11-5-2-6-12-23)25-13-7-8-14-26(25)28(34)31-20-19-21-9-3-1-4-10-21/h1,3-4,7-10,13-18,23,27,32H,2,5-6,11-12,19-20H2,(H,31,34)(H,33,35). The third kappa shape index (κ3) is 6.92. The molecule has 4 rings (SSSR count). The van der Waals surface area contributed by atoms with Gasteiger partial charge in [-0.15, -0.1) is 0 Å². The summed E-state index contributed by atoms with van der Waals surface area (Å²) < 4.78 is 13.5. The number of carbonyl (C=O) groups excluding carboxylic acids is 2. The molecule has 0 heterocycles. The van der Waals surface area contributed by atoms with Crippen LogP contribution in [0.15, 0.2) is 78.9 Å². The molecule has 1 fully saturated rings. The van der Waals surface area contributed by atoms with E-state index in [1.807, 2.05) is 36.4 Å². The lowest BCUT2D eigenvalue weighted by Gasteiger charge is -2.27. The van der Waals surface area contributed by atoms with Gasteiger partial charge in [-0.3, -0.25) is 9.59 Å². The number of nitrogens with one attached hydrogen (secondary N) is 3. The van der Waals surface area contributed by atoms with Gasteiger partial charge >= 0.3 is 0 Å². The maximum Gasteiger partial charge on any atom is 0.251 e. The number of anilines is 1. The first-order valence-corrected chi connectivity index (χ1v) is 12.3. The second-order valence-electron chi connectivity index (χ2n) is 9.01. The van der Waals surface area contributed by atoms with Gasteiger partial charge in [0.1, 0.15) is 11.9 Å². The van der Waals surface area contributed by atoms with Crippen LogP contribution >= 0.6 is 0 Å². The molecule has 1 unspecified atom stereocenters. The van der Waals surface area contributed by atoms with Gasteiger partial charge < -0.3 is 16.0 Å². The van der Waals surface area contributed by atoms with Gasteiger partial charge in [0.05, 0.1) is 0 Å². The summed E-state index contributed by atoms with van der Waals surface area (Å²) in [7, 11) is 0. The maximum absolute atomic E-state index is 13.5. The van der Waals surface area contributed by atoms with E-state index in [1.165, 1.54) is 18.6 Å². The minimum Gasteiger partial charge on any atom is -0.370 e. The van der Waals surface area contributed by atoms with Crippen molar-refractivity contribution < 1.29 is 14.0 Å². The number of carbonyl (C=O) groups is 2. The molecule has 0 radical (unpaired) electrons. The third-order valence-corrected chi connectivity index (χ3v) is 6.43. The number of rotatable bonds is 9. The second-order valence-corrected chi connectivity index (χ2v) is 9.01. The van der Waals surface area contributed by atoms with E-state index in [0.717, 1.165) is 31.2 Å². The summed E-state index contributed by atoms with van der Waals surface area (Å²) in [5, 5.41) is 9.39. The summed E-state index contributed by atoms with van der Waals surface area (Å²) in [4.78, 5) is 26.6. The maximum atomic E-state index is 13.5. The van der Waals surface area contributed by atoms with Crippen molar-refractivity contribution in [2.45, 2.75) is 50.6 Å². The van der Waals surface area contributed by atoms with Crippen LogP contribution in [0.2, 0.25) is 0 Å². The molecule has 3 N–H and O–H groups in total. The number of halogens is 1. The van der Waals surface area contributed by atoms with Crippen molar-refractivity contribution in [2.75, 3.05) is 11.9 Å². The Balaban J connectivity index is 1.54. The smallest absolute Gasteiger partial charge is 0.251 e. The highest BCUT2D eigenvalue weighted by molar-refractivity contribution is 5.98. The largest absolute Gasteiger partial charge is 0.370 e. The lowest BCUT2D eigenvalue weighted by Crippen LogP contribution is -2.42. The molecule has 0 spiro atoms. The zero-order chi connectivity index (χ0) is 24.5. The van der Waals surface area contributed by atoms with Crippen LogP contribution in [-0.2, 0) is 11.2 Å². The Bertz CT molecular complexity index is 1110. The fraction of sp³-hybridized carbons (Fsp3) is 0.310. The van der Waals surface area contributed by atoms with Crippen LogP contribution in [0.1, 0.15) is 59.6 Å². The molecular formula is C29H32FN3O2. The van der Waals surface area contributed by atoms with E-state index in [4.69, 9.17) is 0 Å². The fourth-order valence-corrected chi connectivity index (χ4v) is 4.54. The highest BCUT2D eigenvalue weighted by Crippen LogP contribution is 2.25. The van der Waals surface area contributed by atoms with E-state index in [-0.39, 0.29) is 23.7 Å². The lowest BCUT2D eigenvalue weighted by molar-refractivity contribution is -0.122. The Kier molecular flexibility index (Phi) is 8.49. The molecule has 3 aromatic rings. The second kappa shape index (κ2) is 12.2. The van der Waals surface area contributed by atoms with E-state index in [0.29, 0.717) is 29.8 Å². The fourth-order valence-electron chi connectivity index (χ4n) is 4.54. The van der Waals surface area contributed by atoms with Crippen molar-refractivity contribution in [1.82, 2.24) is 10.6 Å². The molecule has 35 heavy (non-hydrogen) atoms.